The predicted molar refractivity (Wildman–Crippen MR) is 70.7 cm³/mol. The zero-order valence-corrected chi connectivity index (χ0v) is 11.1. The average Bonchev–Trinajstić information content (AvgIpc) is 2.50. The van der Waals surface area contributed by atoms with Gasteiger partial charge in [0.2, 0.25) is 5.88 Å². The van der Waals surface area contributed by atoms with Crippen molar-refractivity contribution in [2.75, 3.05) is 14.2 Å². The van der Waals surface area contributed by atoms with Crippen molar-refractivity contribution in [1.82, 2.24) is 15.4 Å². The van der Waals surface area contributed by atoms with E-state index in [9.17, 15) is 4.39 Å². The van der Waals surface area contributed by atoms with Gasteiger partial charge in [0.1, 0.15) is 17.3 Å². The third kappa shape index (κ3) is 2.68. The Morgan fingerprint density at radius 2 is 1.95 bits per heavy atom. The monoisotopic (exact) mass is 278 g/mol. The van der Waals surface area contributed by atoms with Crippen LogP contribution in [0.5, 0.6) is 11.6 Å². The van der Waals surface area contributed by atoms with Gasteiger partial charge in [0.15, 0.2) is 0 Å². The van der Waals surface area contributed by atoms with Gasteiger partial charge in [-0.1, -0.05) is 6.07 Å². The Bertz CT molecular complexity index is 594. The molecule has 1 aromatic carbocycles. The number of hydrazine groups is 1. The van der Waals surface area contributed by atoms with Gasteiger partial charge in [-0.2, -0.15) is 0 Å². The first kappa shape index (κ1) is 14.2. The van der Waals surface area contributed by atoms with Crippen LogP contribution in [0.25, 0.3) is 0 Å². The second-order valence-electron chi connectivity index (χ2n) is 3.94. The molecule has 0 aliphatic heterocycles. The maximum absolute atomic E-state index is 14.1. The first-order valence-corrected chi connectivity index (χ1v) is 5.85. The summed E-state index contributed by atoms with van der Waals surface area (Å²) in [5.41, 5.74) is 3.25. The number of benzene rings is 1. The van der Waals surface area contributed by atoms with E-state index >= 15 is 0 Å². The maximum Gasteiger partial charge on any atom is 0.237 e. The largest absolute Gasteiger partial charge is 0.497 e. The Morgan fingerprint density at radius 3 is 2.55 bits per heavy atom. The standard InChI is InChI=1S/C13H15FN4O2/c1-19-8-3-4-9(10(14)7-8)11(18-15)12-13(20-2)17-6-5-16-12/h3-7,11,18H,15H2,1-2H3. The number of aromatic nitrogens is 2. The second kappa shape index (κ2) is 6.27. The fraction of sp³-hybridized carbons (Fsp3) is 0.231. The van der Waals surface area contributed by atoms with Crippen molar-refractivity contribution in [3.8, 4) is 11.6 Å². The minimum absolute atomic E-state index is 0.283. The third-order valence-corrected chi connectivity index (χ3v) is 2.84. The van der Waals surface area contributed by atoms with E-state index in [0.29, 0.717) is 17.0 Å². The highest BCUT2D eigenvalue weighted by atomic mass is 19.1. The number of nitrogens with two attached hydrogens (primary N) is 1. The lowest BCUT2D eigenvalue weighted by Crippen LogP contribution is -2.30. The molecule has 0 aliphatic carbocycles. The summed E-state index contributed by atoms with van der Waals surface area (Å²) in [7, 11) is 2.93. The van der Waals surface area contributed by atoms with Gasteiger partial charge in [-0.15, -0.1) is 0 Å². The molecule has 2 rings (SSSR count). The van der Waals surface area contributed by atoms with E-state index in [4.69, 9.17) is 15.3 Å². The zero-order chi connectivity index (χ0) is 14.5. The molecule has 20 heavy (non-hydrogen) atoms. The highest BCUT2D eigenvalue weighted by Crippen LogP contribution is 2.29. The lowest BCUT2D eigenvalue weighted by atomic mass is 10.0. The Morgan fingerprint density at radius 1 is 1.20 bits per heavy atom. The predicted octanol–water partition coefficient (Wildman–Crippen LogP) is 1.19. The molecular weight excluding hydrogens is 263 g/mol. The Balaban J connectivity index is 2.47. The Hall–Kier alpha value is -2.25. The Kier molecular flexibility index (Phi) is 4.44. The van der Waals surface area contributed by atoms with Crippen LogP contribution < -0.4 is 20.7 Å². The highest BCUT2D eigenvalue weighted by molar-refractivity contribution is 5.37. The summed E-state index contributed by atoms with van der Waals surface area (Å²) in [6, 6.07) is 3.82. The molecule has 0 saturated carbocycles. The molecule has 3 N–H and O–H groups in total. The van der Waals surface area contributed by atoms with E-state index < -0.39 is 11.9 Å². The quantitative estimate of drug-likeness (QED) is 0.631. The number of rotatable bonds is 5. The molecule has 0 amide bonds. The van der Waals surface area contributed by atoms with Gasteiger partial charge < -0.3 is 9.47 Å². The lowest BCUT2D eigenvalue weighted by molar-refractivity contribution is 0.381. The molecule has 7 heteroatoms. The van der Waals surface area contributed by atoms with E-state index in [2.05, 4.69) is 15.4 Å². The minimum atomic E-state index is -0.676. The molecule has 0 radical (unpaired) electrons. The molecule has 1 heterocycles. The molecule has 1 unspecified atom stereocenters. The van der Waals surface area contributed by atoms with E-state index in [0.717, 1.165) is 0 Å². The van der Waals surface area contributed by atoms with E-state index in [1.165, 1.54) is 32.7 Å². The molecule has 0 aliphatic rings. The van der Waals surface area contributed by atoms with Gasteiger partial charge in [-0.25, -0.2) is 14.8 Å². The van der Waals surface area contributed by atoms with Gasteiger partial charge in [0, 0.05) is 24.0 Å². The number of hydrogen-bond donors (Lipinski definition) is 2. The molecule has 1 aromatic heterocycles. The first-order chi connectivity index (χ1) is 9.71. The number of ether oxygens (including phenoxy) is 2. The van der Waals surface area contributed by atoms with Crippen molar-refractivity contribution < 1.29 is 13.9 Å². The van der Waals surface area contributed by atoms with Crippen molar-refractivity contribution in [2.24, 2.45) is 5.84 Å². The summed E-state index contributed by atoms with van der Waals surface area (Å²) in [5, 5.41) is 0. The molecule has 6 nitrogen and oxygen atoms in total. The van der Waals surface area contributed by atoms with Crippen molar-refractivity contribution in [3.63, 3.8) is 0 Å². The topological polar surface area (TPSA) is 82.3 Å². The first-order valence-electron chi connectivity index (χ1n) is 5.85. The van der Waals surface area contributed by atoms with E-state index in [1.54, 1.807) is 12.1 Å². The summed E-state index contributed by atoms with van der Waals surface area (Å²) >= 11 is 0. The van der Waals surface area contributed by atoms with Crippen LogP contribution in [-0.2, 0) is 0 Å². The number of nitrogens with one attached hydrogen (secondary N) is 1. The summed E-state index contributed by atoms with van der Waals surface area (Å²) in [6.07, 6.45) is 2.98. The van der Waals surface area contributed by atoms with Gasteiger partial charge in [0.25, 0.3) is 0 Å². The zero-order valence-electron chi connectivity index (χ0n) is 11.1. The fourth-order valence-corrected chi connectivity index (χ4v) is 1.88. The molecule has 1 atom stereocenters. The van der Waals surface area contributed by atoms with Crippen LogP contribution in [0.15, 0.2) is 30.6 Å². The smallest absolute Gasteiger partial charge is 0.237 e. The number of methoxy groups -OCH3 is 2. The maximum atomic E-state index is 14.1. The van der Waals surface area contributed by atoms with Gasteiger partial charge >= 0.3 is 0 Å². The van der Waals surface area contributed by atoms with Gasteiger partial charge in [-0.05, 0) is 6.07 Å². The molecule has 0 spiro atoms. The number of halogens is 1. The molecular formula is C13H15FN4O2. The minimum Gasteiger partial charge on any atom is -0.497 e. The Labute approximate surface area is 115 Å². The van der Waals surface area contributed by atoms with E-state index in [-0.39, 0.29) is 5.88 Å². The molecule has 2 aromatic rings. The third-order valence-electron chi connectivity index (χ3n) is 2.84. The van der Waals surface area contributed by atoms with E-state index in [1.807, 2.05) is 0 Å². The fourth-order valence-electron chi connectivity index (χ4n) is 1.88. The molecule has 106 valence electrons. The van der Waals surface area contributed by atoms with Gasteiger partial charge in [-0.3, -0.25) is 10.8 Å². The number of hydrogen-bond acceptors (Lipinski definition) is 6. The normalized spacial score (nSPS) is 12.0. The van der Waals surface area contributed by atoms with Crippen LogP contribution in [0.1, 0.15) is 17.3 Å². The van der Waals surface area contributed by atoms with Crippen molar-refractivity contribution in [1.29, 1.82) is 0 Å². The van der Waals surface area contributed by atoms with Crippen LogP contribution in [0.4, 0.5) is 4.39 Å². The summed E-state index contributed by atoms with van der Waals surface area (Å²) < 4.78 is 24.2. The van der Waals surface area contributed by atoms with Gasteiger partial charge in [0.05, 0.1) is 20.3 Å². The van der Waals surface area contributed by atoms with Crippen molar-refractivity contribution in [2.45, 2.75) is 6.04 Å². The second-order valence-corrected chi connectivity index (χ2v) is 3.94. The van der Waals surface area contributed by atoms with Crippen LogP contribution in [0.3, 0.4) is 0 Å². The highest BCUT2D eigenvalue weighted by Gasteiger charge is 2.22. The summed E-state index contributed by atoms with van der Waals surface area (Å²) in [4.78, 5) is 8.18. The molecule has 0 fully saturated rings. The van der Waals surface area contributed by atoms with Crippen LogP contribution in [-0.4, -0.2) is 24.2 Å². The SMILES string of the molecule is COc1ccc(C(NN)c2nccnc2OC)c(F)c1. The molecule has 0 bridgehead atoms. The van der Waals surface area contributed by atoms with Crippen molar-refractivity contribution in [3.05, 3.63) is 47.7 Å². The van der Waals surface area contributed by atoms with Crippen LogP contribution >= 0.6 is 0 Å². The van der Waals surface area contributed by atoms with Crippen LogP contribution in [0, 0.1) is 5.82 Å². The number of nitrogens with zero attached hydrogens (tertiary/aromatic N) is 2. The lowest BCUT2D eigenvalue weighted by Gasteiger charge is -2.18. The summed E-state index contributed by atoms with van der Waals surface area (Å²) in [5.74, 6) is 5.78. The molecule has 0 saturated heterocycles. The summed E-state index contributed by atoms with van der Waals surface area (Å²) in [6.45, 7) is 0. The van der Waals surface area contributed by atoms with Crippen LogP contribution in [0.2, 0.25) is 0 Å². The van der Waals surface area contributed by atoms with Crippen molar-refractivity contribution >= 4 is 0 Å². The average molecular weight is 278 g/mol.